The monoisotopic (exact) mass is 543 g/mol. The molecule has 1 saturated heterocycles. The van der Waals surface area contributed by atoms with Crippen LogP contribution in [-0.2, 0) is 0 Å². The van der Waals surface area contributed by atoms with Crippen LogP contribution in [0.2, 0.25) is 0 Å². The van der Waals surface area contributed by atoms with Crippen molar-refractivity contribution in [2.45, 2.75) is 0 Å². The molecule has 0 unspecified atom stereocenters. The zero-order valence-corrected chi connectivity index (χ0v) is 15.2. The van der Waals surface area contributed by atoms with Crippen molar-refractivity contribution in [3.8, 4) is 0 Å². The van der Waals surface area contributed by atoms with Gasteiger partial charge in [0.25, 0.3) is 0 Å². The van der Waals surface area contributed by atoms with Crippen molar-refractivity contribution < 1.29 is 0 Å². The zero-order chi connectivity index (χ0) is 5.66. The maximum absolute atomic E-state index is 2.21. The minimum absolute atomic E-state index is 1.04. The van der Waals surface area contributed by atoms with Crippen molar-refractivity contribution in [3.05, 3.63) is 0 Å². The molecule has 0 saturated carbocycles. The standard InChI is InChI=1S/S2Se6/c1-2-4-6-8-7-5-3-1. The molecule has 0 aliphatic carbocycles. The summed E-state index contributed by atoms with van der Waals surface area (Å²) < 4.78 is 0. The van der Waals surface area contributed by atoms with Crippen LogP contribution in [0.1, 0.15) is 0 Å². The van der Waals surface area contributed by atoms with Crippen LogP contribution in [0.25, 0.3) is 0 Å². The van der Waals surface area contributed by atoms with Gasteiger partial charge in [0.15, 0.2) is 0 Å². The predicted molar refractivity (Wildman–Crippen MR) is 49.7 cm³/mol. The first-order chi connectivity index (χ1) is 4.00. The van der Waals surface area contributed by atoms with Crippen LogP contribution in [0, 0.1) is 0 Å². The molecule has 0 N–H and O–H groups in total. The van der Waals surface area contributed by atoms with Crippen LogP contribution < -0.4 is 0 Å². The van der Waals surface area contributed by atoms with E-state index in [9.17, 15) is 0 Å². The number of hydrogen-bond acceptors (Lipinski definition) is 2. The summed E-state index contributed by atoms with van der Waals surface area (Å²) >= 11 is 6.76. The van der Waals surface area contributed by atoms with E-state index in [1.54, 1.807) is 0 Å². The molecule has 1 aliphatic heterocycles. The second-order valence-electron chi connectivity index (χ2n) is 0.544. The summed E-state index contributed by atoms with van der Waals surface area (Å²) in [7, 11) is 4.41. The molecule has 0 atom stereocenters. The summed E-state index contributed by atoms with van der Waals surface area (Å²) in [5.41, 5.74) is 0. The molecule has 1 rings (SSSR count). The van der Waals surface area contributed by atoms with E-state index < -0.39 is 0 Å². The van der Waals surface area contributed by atoms with Crippen LogP contribution in [0.5, 0.6) is 0 Å². The summed E-state index contributed by atoms with van der Waals surface area (Å²) in [4.78, 5) is 0. The van der Waals surface area contributed by atoms with Gasteiger partial charge in [0.1, 0.15) is 0 Å². The molecular formula is S2Se6. The molecular weight excluding hydrogens is 538 g/mol. The van der Waals surface area contributed by atoms with E-state index in [4.69, 9.17) is 0 Å². The van der Waals surface area contributed by atoms with Gasteiger partial charge in [-0.05, 0) is 0 Å². The van der Waals surface area contributed by atoms with Crippen molar-refractivity contribution in [1.29, 1.82) is 0 Å². The van der Waals surface area contributed by atoms with Gasteiger partial charge in [-0.15, -0.1) is 0 Å². The fourth-order valence-corrected chi connectivity index (χ4v) is 193. The molecule has 1 aliphatic rings. The normalized spacial score (nSPS) is 24.0. The Kier molecular flexibility index (Phi) is 9.24. The maximum atomic E-state index is 2.21. The molecule has 0 nitrogen and oxygen atoms in total. The van der Waals surface area contributed by atoms with Crippen LogP contribution in [-0.4, -0.2) is 69.2 Å². The molecule has 0 spiro atoms. The summed E-state index contributed by atoms with van der Waals surface area (Å²) in [5, 5.41) is 0. The van der Waals surface area contributed by atoms with Crippen molar-refractivity contribution >= 4 is 87.7 Å². The number of hydrogen-bond donors (Lipinski definition) is 0. The predicted octanol–water partition coefficient (Wildman–Crippen LogP) is -0.988. The summed E-state index contributed by atoms with van der Waals surface area (Å²) in [6.07, 6.45) is 0. The van der Waals surface area contributed by atoms with Gasteiger partial charge in [-0.3, -0.25) is 0 Å². The van der Waals surface area contributed by atoms with Gasteiger partial charge in [-0.25, -0.2) is 0 Å². The summed E-state index contributed by atoms with van der Waals surface area (Å²) in [6, 6.07) is 0. The van der Waals surface area contributed by atoms with Crippen molar-refractivity contribution in [3.63, 3.8) is 0 Å². The molecule has 0 amide bonds. The summed E-state index contributed by atoms with van der Waals surface area (Å²) in [6.45, 7) is 0. The Labute approximate surface area is 85.6 Å². The van der Waals surface area contributed by atoms with Crippen LogP contribution in [0.15, 0.2) is 0 Å². The minimum atomic E-state index is 1.04. The third-order valence-corrected chi connectivity index (χ3v) is 104. The molecule has 1 heterocycles. The SMILES string of the molecule is S1S[Se][Se][Se][Se][Se][Se]1. The summed E-state index contributed by atoms with van der Waals surface area (Å²) in [5.74, 6) is 0. The van der Waals surface area contributed by atoms with E-state index in [0.29, 0.717) is 0 Å². The van der Waals surface area contributed by atoms with Gasteiger partial charge in [0, 0.05) is 0 Å². The average molecular weight is 538 g/mol. The van der Waals surface area contributed by atoms with Gasteiger partial charge in [0.05, 0.1) is 0 Å². The van der Waals surface area contributed by atoms with E-state index in [2.05, 4.69) is 18.4 Å². The van der Waals surface area contributed by atoms with Crippen molar-refractivity contribution in [1.82, 2.24) is 0 Å². The van der Waals surface area contributed by atoms with Gasteiger partial charge in [-0.1, -0.05) is 0 Å². The van der Waals surface area contributed by atoms with E-state index in [1.807, 2.05) is 0 Å². The Balaban J connectivity index is 2.00. The van der Waals surface area contributed by atoms with Crippen LogP contribution in [0.3, 0.4) is 0 Å². The third-order valence-electron chi connectivity index (χ3n) is 0.222. The van der Waals surface area contributed by atoms with Gasteiger partial charge < -0.3 is 0 Å². The van der Waals surface area contributed by atoms with E-state index in [-0.39, 0.29) is 0 Å². The first-order valence-electron chi connectivity index (χ1n) is 1.33. The number of rotatable bonds is 0. The van der Waals surface area contributed by atoms with E-state index >= 15 is 0 Å². The van der Waals surface area contributed by atoms with Gasteiger partial charge in [0.2, 0.25) is 0 Å². The Hall–Kier alpha value is 3.82. The third kappa shape index (κ3) is 5.47. The van der Waals surface area contributed by atoms with Gasteiger partial charge >= 0.3 is 87.7 Å². The Morgan fingerprint density at radius 3 is 1.62 bits per heavy atom. The first-order valence-corrected chi connectivity index (χ1v) is 29.2. The van der Waals surface area contributed by atoms with Crippen LogP contribution >= 0.6 is 18.4 Å². The molecule has 48 valence electrons. The van der Waals surface area contributed by atoms with E-state index in [1.165, 1.54) is 22.6 Å². The average Bonchev–Trinajstić information content (AvgIpc) is 1.62. The molecule has 0 aromatic carbocycles. The molecule has 0 aromatic rings. The van der Waals surface area contributed by atoms with Crippen molar-refractivity contribution in [2.75, 3.05) is 0 Å². The topological polar surface area (TPSA) is 0 Å². The first kappa shape index (κ1) is 9.90. The Morgan fingerprint density at radius 1 is 0.625 bits per heavy atom. The Morgan fingerprint density at radius 2 is 1.12 bits per heavy atom. The van der Waals surface area contributed by atoms with E-state index in [0.717, 1.165) is 46.6 Å². The second kappa shape index (κ2) is 7.47. The van der Waals surface area contributed by atoms with Crippen LogP contribution in [0.4, 0.5) is 0 Å². The molecule has 0 aromatic heterocycles. The quantitative estimate of drug-likeness (QED) is 0.288. The zero-order valence-electron chi connectivity index (χ0n) is 3.27. The molecule has 8 heavy (non-hydrogen) atoms. The molecule has 0 bridgehead atoms. The fourth-order valence-electron chi connectivity index (χ4n) is 0.0907. The second-order valence-corrected chi connectivity index (χ2v) is 55.6. The molecule has 8 heteroatoms. The fraction of sp³-hybridized carbons (Fsp3) is 0. The Bertz CT molecular complexity index is 30.5. The van der Waals surface area contributed by atoms with Crippen molar-refractivity contribution in [2.24, 2.45) is 0 Å². The molecule has 1 fully saturated rings. The van der Waals surface area contributed by atoms with Gasteiger partial charge in [-0.2, -0.15) is 0 Å². The molecule has 0 radical (unpaired) electrons.